The topological polar surface area (TPSA) is 106 Å². The molecular formula is C21H32N2O5S. The summed E-state index contributed by atoms with van der Waals surface area (Å²) in [6, 6.07) is 2.93. The van der Waals surface area contributed by atoms with Crippen molar-refractivity contribution in [1.29, 1.82) is 0 Å². The van der Waals surface area contributed by atoms with Gasteiger partial charge in [0.2, 0.25) is 0 Å². The molecule has 0 aliphatic heterocycles. The minimum Gasteiger partial charge on any atom is -0.490 e. The number of benzene rings is 1. The molecule has 0 spiro atoms. The number of nitrogens with zero attached hydrogens (tertiary/aromatic N) is 2. The van der Waals surface area contributed by atoms with Gasteiger partial charge in [-0.05, 0) is 31.4 Å². The van der Waals surface area contributed by atoms with Crippen LogP contribution in [0.5, 0.6) is 11.5 Å². The zero-order valence-electron chi connectivity index (χ0n) is 18.2. The van der Waals surface area contributed by atoms with Crippen molar-refractivity contribution < 1.29 is 27.5 Å². The van der Waals surface area contributed by atoms with E-state index in [4.69, 9.17) is 9.47 Å². The molecule has 29 heavy (non-hydrogen) atoms. The molecule has 0 N–H and O–H groups in total. The van der Waals surface area contributed by atoms with Crippen LogP contribution in [0.2, 0.25) is 0 Å². The summed E-state index contributed by atoms with van der Waals surface area (Å²) < 4.78 is 37.8. The molecule has 0 heterocycles. The smallest absolute Gasteiger partial charge is 0.452 e. The second-order valence-electron chi connectivity index (χ2n) is 7.96. The van der Waals surface area contributed by atoms with Crippen LogP contribution in [-0.2, 0) is 14.6 Å². The fraction of sp³-hybridized carbons (Fsp3) is 0.619. The van der Waals surface area contributed by atoms with E-state index >= 15 is 0 Å². The van der Waals surface area contributed by atoms with Crippen molar-refractivity contribution in [1.82, 2.24) is 0 Å². The molecule has 1 aromatic carbocycles. The summed E-state index contributed by atoms with van der Waals surface area (Å²) in [5, 5.41) is -0.882. The van der Waals surface area contributed by atoms with Gasteiger partial charge in [0.25, 0.3) is 15.6 Å². The Morgan fingerprint density at radius 2 is 1.52 bits per heavy atom. The van der Waals surface area contributed by atoms with Gasteiger partial charge in [-0.3, -0.25) is 4.79 Å². The number of Topliss-reactive ketones (excluding diaryl/α,β-unsaturated/α-hetero) is 1. The molecule has 0 radical (unpaired) electrons. The maximum atomic E-state index is 13.1. The molecule has 162 valence electrons. The van der Waals surface area contributed by atoms with Crippen molar-refractivity contribution in [3.63, 3.8) is 0 Å². The molecule has 0 unspecified atom stereocenters. The summed E-state index contributed by atoms with van der Waals surface area (Å²) in [6.07, 6.45) is 3.54. The number of hydrogen-bond donors (Lipinski definition) is 0. The normalized spacial score (nSPS) is 11.7. The lowest BCUT2D eigenvalue weighted by atomic mass is 9.91. The number of unbranched alkanes of at least 4 members (excludes halogenated alkanes) is 2. The van der Waals surface area contributed by atoms with Crippen LogP contribution in [-0.4, -0.2) is 37.2 Å². The van der Waals surface area contributed by atoms with Crippen LogP contribution in [0.1, 0.15) is 65.9 Å². The van der Waals surface area contributed by atoms with Gasteiger partial charge in [0, 0.05) is 11.5 Å². The zero-order chi connectivity index (χ0) is 22.2. The number of rotatable bonds is 10. The quantitative estimate of drug-likeness (QED) is 0.182. The maximum Gasteiger partial charge on any atom is 0.452 e. The number of aryl methyl sites for hydroxylation is 1. The maximum absolute atomic E-state index is 13.1. The SMILES string of the molecule is CCCCOc1cc(C)c(S(=O)(=O)C(=[N+]=[N-])C(=O)C(C)(C)C)cc1OCCCC. The third kappa shape index (κ3) is 6.41. The second-order valence-corrected chi connectivity index (χ2v) is 9.79. The van der Waals surface area contributed by atoms with Crippen molar-refractivity contribution in [3.8, 4) is 11.5 Å². The van der Waals surface area contributed by atoms with Crippen LogP contribution in [0.15, 0.2) is 17.0 Å². The Balaban J connectivity index is 3.47. The van der Waals surface area contributed by atoms with Crippen LogP contribution >= 0.6 is 0 Å². The van der Waals surface area contributed by atoms with Gasteiger partial charge in [-0.25, -0.2) is 8.42 Å². The number of carbonyl (C=O) groups is 1. The Labute approximate surface area is 174 Å². The fourth-order valence-electron chi connectivity index (χ4n) is 2.46. The average molecular weight is 425 g/mol. The second kappa shape index (κ2) is 10.6. The highest BCUT2D eigenvalue weighted by Gasteiger charge is 2.44. The Kier molecular flexibility index (Phi) is 9.05. The molecule has 7 nitrogen and oxygen atoms in total. The van der Waals surface area contributed by atoms with Crippen LogP contribution in [0.4, 0.5) is 0 Å². The Hall–Kier alpha value is -2.18. The van der Waals surface area contributed by atoms with Gasteiger partial charge in [0.15, 0.2) is 11.5 Å². The van der Waals surface area contributed by atoms with Crippen molar-refractivity contribution in [2.24, 2.45) is 5.41 Å². The first-order chi connectivity index (χ1) is 13.5. The summed E-state index contributed by atoms with van der Waals surface area (Å²) >= 11 is 0. The lowest BCUT2D eigenvalue weighted by Gasteiger charge is -2.17. The molecule has 8 heteroatoms. The van der Waals surface area contributed by atoms with E-state index in [0.717, 1.165) is 25.7 Å². The fourth-order valence-corrected chi connectivity index (χ4v) is 4.07. The van der Waals surface area contributed by atoms with Gasteiger partial charge in [0.05, 0.1) is 18.1 Å². The van der Waals surface area contributed by atoms with E-state index in [1.807, 2.05) is 13.8 Å². The number of hydrogen-bond acceptors (Lipinski definition) is 5. The van der Waals surface area contributed by atoms with Crippen LogP contribution in [0.3, 0.4) is 0 Å². The summed E-state index contributed by atoms with van der Waals surface area (Å²) in [6.45, 7) is 11.3. The Morgan fingerprint density at radius 1 is 1.03 bits per heavy atom. The van der Waals surface area contributed by atoms with Crippen LogP contribution in [0, 0.1) is 12.3 Å². The van der Waals surface area contributed by atoms with E-state index in [1.54, 1.807) is 33.8 Å². The minimum atomic E-state index is -4.34. The molecule has 0 aliphatic rings. The molecule has 0 atom stereocenters. The van der Waals surface area contributed by atoms with Crippen molar-refractivity contribution in [2.75, 3.05) is 13.2 Å². The molecule has 0 bridgehead atoms. The molecule has 0 amide bonds. The molecule has 0 saturated heterocycles. The molecule has 0 aliphatic carbocycles. The molecule has 1 rings (SSSR count). The highest BCUT2D eigenvalue weighted by Crippen LogP contribution is 2.34. The van der Waals surface area contributed by atoms with Crippen molar-refractivity contribution in [3.05, 3.63) is 23.2 Å². The molecule has 1 aromatic rings. The summed E-state index contributed by atoms with van der Waals surface area (Å²) in [5.41, 5.74) is 8.68. The van der Waals surface area contributed by atoms with Gasteiger partial charge in [-0.1, -0.05) is 47.5 Å². The standard InChI is InChI=1S/C21H32N2O5S/c1-7-9-11-27-16-13-15(3)18(14-17(16)28-12-10-8-2)29(25,26)20(23-22)19(24)21(4,5)6/h13-14H,7-12H2,1-6H3. The van der Waals surface area contributed by atoms with Crippen molar-refractivity contribution in [2.45, 2.75) is 72.1 Å². The Bertz CT molecular complexity index is 879. The lowest BCUT2D eigenvalue weighted by Crippen LogP contribution is -2.35. The monoisotopic (exact) mass is 424 g/mol. The number of ether oxygens (including phenoxy) is 2. The predicted octanol–water partition coefficient (Wildman–Crippen LogP) is 4.37. The summed E-state index contributed by atoms with van der Waals surface area (Å²) in [4.78, 5) is 15.2. The van der Waals surface area contributed by atoms with E-state index in [0.29, 0.717) is 30.3 Å². The molecule has 0 fully saturated rings. The first kappa shape index (κ1) is 24.9. The van der Waals surface area contributed by atoms with E-state index in [2.05, 4.69) is 4.79 Å². The van der Waals surface area contributed by atoms with Gasteiger partial charge < -0.3 is 15.0 Å². The lowest BCUT2D eigenvalue weighted by molar-refractivity contribution is -0.123. The minimum absolute atomic E-state index is 0.141. The van der Waals surface area contributed by atoms with E-state index in [-0.39, 0.29) is 4.90 Å². The number of sulfone groups is 1. The van der Waals surface area contributed by atoms with Gasteiger partial charge >= 0.3 is 5.04 Å². The van der Waals surface area contributed by atoms with E-state index in [9.17, 15) is 18.7 Å². The van der Waals surface area contributed by atoms with Crippen LogP contribution < -0.4 is 9.47 Å². The molecule has 0 aromatic heterocycles. The first-order valence-corrected chi connectivity index (χ1v) is 11.4. The van der Waals surface area contributed by atoms with Crippen molar-refractivity contribution >= 4 is 20.7 Å². The van der Waals surface area contributed by atoms with E-state index in [1.165, 1.54) is 6.07 Å². The average Bonchev–Trinajstić information content (AvgIpc) is 2.63. The third-order valence-corrected chi connectivity index (χ3v) is 6.06. The Morgan fingerprint density at radius 3 is 1.93 bits per heavy atom. The van der Waals surface area contributed by atoms with Gasteiger partial charge in [-0.15, -0.1) is 4.79 Å². The third-order valence-electron chi connectivity index (χ3n) is 4.26. The summed E-state index contributed by atoms with van der Waals surface area (Å²) in [5.74, 6) is -0.0222. The number of ketones is 1. The number of carbonyl (C=O) groups excluding carboxylic acids is 1. The predicted molar refractivity (Wildman–Crippen MR) is 112 cm³/mol. The van der Waals surface area contributed by atoms with Gasteiger partial charge in [-0.2, -0.15) is 0 Å². The largest absolute Gasteiger partial charge is 0.490 e. The highest BCUT2D eigenvalue weighted by atomic mass is 32.2. The molecule has 0 saturated carbocycles. The van der Waals surface area contributed by atoms with Crippen LogP contribution in [0.25, 0.3) is 5.53 Å². The summed E-state index contributed by atoms with van der Waals surface area (Å²) in [7, 11) is -4.34. The zero-order valence-corrected chi connectivity index (χ0v) is 19.1. The molecular weight excluding hydrogens is 392 g/mol. The van der Waals surface area contributed by atoms with E-state index < -0.39 is 26.1 Å². The first-order valence-electron chi connectivity index (χ1n) is 9.92. The van der Waals surface area contributed by atoms with Gasteiger partial charge in [0.1, 0.15) is 0 Å². The highest BCUT2D eigenvalue weighted by molar-refractivity contribution is 8.08.